The molecule has 5 aromatic carbocycles. The number of fused-ring (bicyclic) bond motifs is 6. The molecule has 6 rings (SSSR count). The average Bonchev–Trinajstić information content (AvgIpc) is 3.09. The van der Waals surface area contributed by atoms with Crippen molar-refractivity contribution in [2.75, 3.05) is 0 Å². The van der Waals surface area contributed by atoms with Crippen LogP contribution in [0, 0.1) is 0 Å². The van der Waals surface area contributed by atoms with E-state index in [2.05, 4.69) is 107 Å². The molecule has 1 aromatic heterocycles. The molecule has 0 spiro atoms. The predicted octanol–water partition coefficient (Wildman–Crippen LogP) is 8.32. The molecule has 28 heavy (non-hydrogen) atoms. The van der Waals surface area contributed by atoms with E-state index in [1.807, 2.05) is 0 Å². The van der Waals surface area contributed by atoms with Crippen LogP contribution in [0.3, 0.4) is 0 Å². The van der Waals surface area contributed by atoms with Crippen LogP contribution in [0.2, 0.25) is 0 Å². The zero-order valence-corrected chi connectivity index (χ0v) is 16.5. The van der Waals surface area contributed by atoms with Crippen molar-refractivity contribution < 1.29 is 4.42 Å². The van der Waals surface area contributed by atoms with E-state index in [1.54, 1.807) is 0 Å². The first-order valence-electron chi connectivity index (χ1n) is 9.31. The highest BCUT2D eigenvalue weighted by atomic mass is 79.9. The van der Waals surface area contributed by atoms with Gasteiger partial charge in [0.05, 0.1) is 0 Å². The normalized spacial score (nSPS) is 11.8. The highest BCUT2D eigenvalue weighted by molar-refractivity contribution is 9.10. The third kappa shape index (κ3) is 2.31. The SMILES string of the molecule is Brc1cccc(-c2cc3c4cc5ccccc5cc4oc3c3ccccc23)c1. The van der Waals surface area contributed by atoms with Gasteiger partial charge in [-0.15, -0.1) is 0 Å². The molecule has 0 fully saturated rings. The highest BCUT2D eigenvalue weighted by Crippen LogP contribution is 2.41. The first-order valence-corrected chi connectivity index (χ1v) is 10.1. The van der Waals surface area contributed by atoms with Crippen molar-refractivity contribution >= 4 is 59.4 Å². The molecular weight excluding hydrogens is 408 g/mol. The van der Waals surface area contributed by atoms with Crippen LogP contribution in [0.5, 0.6) is 0 Å². The summed E-state index contributed by atoms with van der Waals surface area (Å²) in [6, 6.07) is 32.1. The fourth-order valence-electron chi connectivity index (χ4n) is 4.18. The molecule has 0 aliphatic rings. The molecule has 0 aliphatic heterocycles. The second-order valence-corrected chi connectivity index (χ2v) is 8.07. The summed E-state index contributed by atoms with van der Waals surface area (Å²) < 4.78 is 7.46. The summed E-state index contributed by atoms with van der Waals surface area (Å²) in [7, 11) is 0. The molecule has 0 saturated heterocycles. The molecule has 132 valence electrons. The maximum absolute atomic E-state index is 6.38. The van der Waals surface area contributed by atoms with Gasteiger partial charge in [-0.05, 0) is 57.6 Å². The standard InChI is InChI=1S/C26H15BrO/c27-19-9-5-8-18(12-19)22-15-24-23-13-16-6-1-2-7-17(16)14-25(23)28-26(24)21-11-4-3-10-20(21)22/h1-15H. The van der Waals surface area contributed by atoms with Crippen LogP contribution in [0.4, 0.5) is 0 Å². The van der Waals surface area contributed by atoms with Gasteiger partial charge >= 0.3 is 0 Å². The van der Waals surface area contributed by atoms with E-state index < -0.39 is 0 Å². The molecule has 0 radical (unpaired) electrons. The molecule has 0 unspecified atom stereocenters. The Morgan fingerprint density at radius 1 is 0.571 bits per heavy atom. The zero-order chi connectivity index (χ0) is 18.7. The first kappa shape index (κ1) is 15.9. The third-order valence-corrected chi connectivity index (χ3v) is 5.97. The van der Waals surface area contributed by atoms with Crippen molar-refractivity contribution in [3.63, 3.8) is 0 Å². The van der Waals surface area contributed by atoms with Gasteiger partial charge in [-0.25, -0.2) is 0 Å². The van der Waals surface area contributed by atoms with E-state index in [-0.39, 0.29) is 0 Å². The lowest BCUT2D eigenvalue weighted by Gasteiger charge is -2.08. The molecule has 0 amide bonds. The average molecular weight is 423 g/mol. The van der Waals surface area contributed by atoms with E-state index >= 15 is 0 Å². The number of hydrogen-bond acceptors (Lipinski definition) is 1. The molecule has 0 aliphatic carbocycles. The van der Waals surface area contributed by atoms with Gasteiger partial charge in [0.15, 0.2) is 0 Å². The van der Waals surface area contributed by atoms with Gasteiger partial charge in [0.25, 0.3) is 0 Å². The molecule has 0 N–H and O–H groups in total. The van der Waals surface area contributed by atoms with Crippen molar-refractivity contribution in [2.45, 2.75) is 0 Å². The molecule has 0 bridgehead atoms. The minimum Gasteiger partial charge on any atom is -0.455 e. The molecule has 1 nitrogen and oxygen atoms in total. The van der Waals surface area contributed by atoms with Crippen LogP contribution in [0.25, 0.3) is 54.6 Å². The Morgan fingerprint density at radius 3 is 2.14 bits per heavy atom. The monoisotopic (exact) mass is 422 g/mol. The lowest BCUT2D eigenvalue weighted by Crippen LogP contribution is -1.83. The van der Waals surface area contributed by atoms with Crippen molar-refractivity contribution in [3.8, 4) is 11.1 Å². The summed E-state index contributed by atoms with van der Waals surface area (Å²) in [6.45, 7) is 0. The van der Waals surface area contributed by atoms with Crippen molar-refractivity contribution in [1.29, 1.82) is 0 Å². The lowest BCUT2D eigenvalue weighted by molar-refractivity contribution is 0.673. The highest BCUT2D eigenvalue weighted by Gasteiger charge is 2.15. The third-order valence-electron chi connectivity index (χ3n) is 5.48. The van der Waals surface area contributed by atoms with Crippen LogP contribution in [0.15, 0.2) is 99.9 Å². The summed E-state index contributed by atoms with van der Waals surface area (Å²) >= 11 is 3.61. The van der Waals surface area contributed by atoms with Crippen LogP contribution in [-0.2, 0) is 0 Å². The Bertz CT molecular complexity index is 1520. The van der Waals surface area contributed by atoms with E-state index in [1.165, 1.54) is 27.3 Å². The fraction of sp³-hybridized carbons (Fsp3) is 0. The summed E-state index contributed by atoms with van der Waals surface area (Å²) in [4.78, 5) is 0. The number of furan rings is 1. The van der Waals surface area contributed by atoms with Crippen molar-refractivity contribution in [2.24, 2.45) is 0 Å². The molecule has 0 saturated carbocycles. The van der Waals surface area contributed by atoms with Crippen molar-refractivity contribution in [1.82, 2.24) is 0 Å². The van der Waals surface area contributed by atoms with Crippen molar-refractivity contribution in [3.05, 3.63) is 95.5 Å². The molecule has 2 heteroatoms. The Morgan fingerprint density at radius 2 is 1.32 bits per heavy atom. The van der Waals surface area contributed by atoms with Gasteiger partial charge in [0.2, 0.25) is 0 Å². The molecule has 1 heterocycles. The number of benzene rings is 5. The number of rotatable bonds is 1. The Hall–Kier alpha value is -3.10. The number of halogens is 1. The zero-order valence-electron chi connectivity index (χ0n) is 14.9. The summed E-state index contributed by atoms with van der Waals surface area (Å²) in [5.74, 6) is 0. The summed E-state index contributed by atoms with van der Waals surface area (Å²) in [5, 5.41) is 7.11. The molecule has 0 atom stereocenters. The second-order valence-electron chi connectivity index (χ2n) is 7.15. The first-order chi connectivity index (χ1) is 13.8. The molecular formula is C26H15BrO. The largest absolute Gasteiger partial charge is 0.455 e. The summed E-state index contributed by atoms with van der Waals surface area (Å²) in [5.41, 5.74) is 4.31. The van der Waals surface area contributed by atoms with Crippen LogP contribution in [-0.4, -0.2) is 0 Å². The minimum atomic E-state index is 0.935. The number of hydrogen-bond donors (Lipinski definition) is 0. The molecule has 6 aromatic rings. The minimum absolute atomic E-state index is 0.935. The predicted molar refractivity (Wildman–Crippen MR) is 122 cm³/mol. The maximum atomic E-state index is 6.38. The van der Waals surface area contributed by atoms with E-state index in [0.717, 1.165) is 31.8 Å². The summed E-state index contributed by atoms with van der Waals surface area (Å²) in [6.07, 6.45) is 0. The van der Waals surface area contributed by atoms with Gasteiger partial charge < -0.3 is 4.42 Å². The van der Waals surface area contributed by atoms with Crippen LogP contribution < -0.4 is 0 Å². The van der Waals surface area contributed by atoms with E-state index in [0.29, 0.717) is 0 Å². The Labute approximate surface area is 170 Å². The van der Waals surface area contributed by atoms with Gasteiger partial charge in [-0.2, -0.15) is 0 Å². The quantitative estimate of drug-likeness (QED) is 0.259. The van der Waals surface area contributed by atoms with Gasteiger partial charge in [0, 0.05) is 20.6 Å². The van der Waals surface area contributed by atoms with E-state index in [9.17, 15) is 0 Å². The topological polar surface area (TPSA) is 13.1 Å². The lowest BCUT2D eigenvalue weighted by atomic mass is 9.95. The van der Waals surface area contributed by atoms with Gasteiger partial charge in [-0.1, -0.05) is 76.6 Å². The Balaban J connectivity index is 1.81. The van der Waals surface area contributed by atoms with Gasteiger partial charge in [0.1, 0.15) is 11.2 Å². The van der Waals surface area contributed by atoms with Crippen LogP contribution in [0.1, 0.15) is 0 Å². The second kappa shape index (κ2) is 5.95. The maximum Gasteiger partial charge on any atom is 0.143 e. The van der Waals surface area contributed by atoms with Crippen LogP contribution >= 0.6 is 15.9 Å². The van der Waals surface area contributed by atoms with Gasteiger partial charge in [-0.3, -0.25) is 0 Å². The van der Waals surface area contributed by atoms with E-state index in [4.69, 9.17) is 4.42 Å². The smallest absolute Gasteiger partial charge is 0.143 e. The fourth-order valence-corrected chi connectivity index (χ4v) is 4.58. The Kier molecular flexibility index (Phi) is 3.38.